The van der Waals surface area contributed by atoms with Gasteiger partial charge in [0.15, 0.2) is 0 Å². The van der Waals surface area contributed by atoms with Crippen LogP contribution >= 0.6 is 0 Å². The van der Waals surface area contributed by atoms with Gasteiger partial charge in [0.1, 0.15) is 5.82 Å². The van der Waals surface area contributed by atoms with Gasteiger partial charge < -0.3 is 10.2 Å². The number of carbonyl (C=O) groups excluding carboxylic acids is 1. The summed E-state index contributed by atoms with van der Waals surface area (Å²) in [5, 5.41) is 3.16. The molecule has 1 saturated carbocycles. The molecule has 0 bridgehead atoms. The maximum absolute atomic E-state index is 12.9. The fraction of sp³-hybridized carbons (Fsp3) is 0.450. The first-order chi connectivity index (χ1) is 12.0. The molecule has 1 amide bonds. The lowest BCUT2D eigenvalue weighted by atomic mass is 9.99. The molecule has 1 fully saturated rings. The fourth-order valence-electron chi connectivity index (χ4n) is 3.38. The maximum Gasteiger partial charge on any atom is 0.254 e. The Morgan fingerprint density at radius 3 is 2.52 bits per heavy atom. The van der Waals surface area contributed by atoms with Crippen molar-refractivity contribution < 1.29 is 4.79 Å². The zero-order chi connectivity index (χ0) is 18.0. The number of nitrogens with one attached hydrogen (secondary N) is 1. The first kappa shape index (κ1) is 17.5. The first-order valence-electron chi connectivity index (χ1n) is 8.83. The van der Waals surface area contributed by atoms with Gasteiger partial charge in [0.05, 0.1) is 17.3 Å². The van der Waals surface area contributed by atoms with Crippen molar-refractivity contribution in [2.45, 2.75) is 44.7 Å². The van der Waals surface area contributed by atoms with Gasteiger partial charge in [0, 0.05) is 18.2 Å². The van der Waals surface area contributed by atoms with E-state index in [0.29, 0.717) is 11.5 Å². The van der Waals surface area contributed by atoms with E-state index >= 15 is 0 Å². The van der Waals surface area contributed by atoms with Crippen molar-refractivity contribution in [2.24, 2.45) is 0 Å². The van der Waals surface area contributed by atoms with Gasteiger partial charge in [-0.25, -0.2) is 9.97 Å². The van der Waals surface area contributed by atoms with Gasteiger partial charge in [-0.15, -0.1) is 0 Å². The summed E-state index contributed by atoms with van der Waals surface area (Å²) in [7, 11) is 4.07. The maximum atomic E-state index is 12.9. The third-order valence-corrected chi connectivity index (χ3v) is 4.68. The molecule has 2 atom stereocenters. The highest BCUT2D eigenvalue weighted by Crippen LogP contribution is 2.40. The van der Waals surface area contributed by atoms with E-state index in [-0.39, 0.29) is 18.0 Å². The summed E-state index contributed by atoms with van der Waals surface area (Å²) in [5.74, 6) is 1.05. The number of amides is 1. The minimum absolute atomic E-state index is 0.0433. The van der Waals surface area contributed by atoms with E-state index in [1.165, 1.54) is 5.56 Å². The number of likely N-dealkylation sites (N-methyl/N-ethyl adjacent to an activating group) is 1. The Morgan fingerprint density at radius 2 is 1.92 bits per heavy atom. The second kappa shape index (κ2) is 7.31. The summed E-state index contributed by atoms with van der Waals surface area (Å²) in [6.45, 7) is 3.91. The van der Waals surface area contributed by atoms with Gasteiger partial charge >= 0.3 is 0 Å². The average molecular weight is 338 g/mol. The molecule has 0 spiro atoms. The molecule has 3 rings (SSSR count). The summed E-state index contributed by atoms with van der Waals surface area (Å²) in [6, 6.07) is 10.3. The average Bonchev–Trinajstić information content (AvgIpc) is 3.40. The van der Waals surface area contributed by atoms with Crippen LogP contribution in [0.3, 0.4) is 0 Å². The number of aryl methyl sites for hydroxylation is 1. The minimum Gasteiger partial charge on any atom is -0.348 e. The lowest BCUT2D eigenvalue weighted by Crippen LogP contribution is -2.42. The molecule has 1 N–H and O–H groups in total. The number of nitrogens with zero attached hydrogens (tertiary/aromatic N) is 3. The third kappa shape index (κ3) is 4.04. The van der Waals surface area contributed by atoms with Crippen molar-refractivity contribution in [3.8, 4) is 0 Å². The van der Waals surface area contributed by atoms with Crippen molar-refractivity contribution in [3.63, 3.8) is 0 Å². The van der Waals surface area contributed by atoms with Crippen LogP contribution in [-0.4, -0.2) is 40.9 Å². The van der Waals surface area contributed by atoms with Crippen LogP contribution in [-0.2, 0) is 0 Å². The molecule has 1 heterocycles. The number of benzene rings is 1. The van der Waals surface area contributed by atoms with E-state index in [2.05, 4.69) is 32.3 Å². The van der Waals surface area contributed by atoms with Gasteiger partial charge in [-0.1, -0.05) is 30.3 Å². The first-order valence-corrected chi connectivity index (χ1v) is 8.83. The van der Waals surface area contributed by atoms with E-state index in [1.807, 2.05) is 46.1 Å². The smallest absolute Gasteiger partial charge is 0.254 e. The van der Waals surface area contributed by atoms with E-state index in [1.54, 1.807) is 6.20 Å². The van der Waals surface area contributed by atoms with Crippen LogP contribution in [0.1, 0.15) is 59.2 Å². The summed E-state index contributed by atoms with van der Waals surface area (Å²) in [4.78, 5) is 23.8. The van der Waals surface area contributed by atoms with Crippen LogP contribution in [0.15, 0.2) is 36.5 Å². The molecule has 25 heavy (non-hydrogen) atoms. The van der Waals surface area contributed by atoms with E-state index in [9.17, 15) is 4.79 Å². The number of rotatable bonds is 6. The molecule has 1 aliphatic carbocycles. The lowest BCUT2D eigenvalue weighted by Gasteiger charge is -2.31. The van der Waals surface area contributed by atoms with Gasteiger partial charge in [0.25, 0.3) is 5.91 Å². The summed E-state index contributed by atoms with van der Waals surface area (Å²) < 4.78 is 0. The molecule has 0 saturated heterocycles. The molecular weight excluding hydrogens is 312 g/mol. The lowest BCUT2D eigenvalue weighted by molar-refractivity contribution is 0.0913. The van der Waals surface area contributed by atoms with Gasteiger partial charge in [-0.05, 0) is 46.3 Å². The molecule has 0 radical (unpaired) electrons. The number of hydrogen-bond donors (Lipinski definition) is 1. The monoisotopic (exact) mass is 338 g/mol. The number of aromatic nitrogens is 2. The van der Waals surface area contributed by atoms with Gasteiger partial charge in [-0.2, -0.15) is 0 Å². The highest BCUT2D eigenvalue weighted by molar-refractivity contribution is 5.95. The fourth-order valence-corrected chi connectivity index (χ4v) is 3.38. The third-order valence-electron chi connectivity index (χ3n) is 4.68. The number of carbonyl (C=O) groups is 1. The Kier molecular flexibility index (Phi) is 5.13. The van der Waals surface area contributed by atoms with E-state index in [4.69, 9.17) is 0 Å². The van der Waals surface area contributed by atoms with Gasteiger partial charge in [-0.3, -0.25) is 4.79 Å². The molecule has 5 nitrogen and oxygen atoms in total. The van der Waals surface area contributed by atoms with Crippen molar-refractivity contribution in [3.05, 3.63) is 59.2 Å². The zero-order valence-corrected chi connectivity index (χ0v) is 15.4. The normalized spacial score (nSPS) is 16.5. The Morgan fingerprint density at radius 1 is 1.24 bits per heavy atom. The highest BCUT2D eigenvalue weighted by atomic mass is 16.1. The van der Waals surface area contributed by atoms with Crippen LogP contribution in [0.5, 0.6) is 0 Å². The summed E-state index contributed by atoms with van der Waals surface area (Å²) in [6.07, 6.45) is 3.89. The predicted octanol–water partition coefficient (Wildman–Crippen LogP) is 3.08. The van der Waals surface area contributed by atoms with Crippen LogP contribution < -0.4 is 5.32 Å². The van der Waals surface area contributed by atoms with Crippen molar-refractivity contribution in [2.75, 3.05) is 14.1 Å². The van der Waals surface area contributed by atoms with Crippen molar-refractivity contribution in [1.82, 2.24) is 20.2 Å². The Labute approximate surface area is 149 Å². The molecule has 1 aromatic heterocycles. The predicted molar refractivity (Wildman–Crippen MR) is 98.5 cm³/mol. The molecule has 1 aliphatic rings. The van der Waals surface area contributed by atoms with Crippen LogP contribution in [0.2, 0.25) is 0 Å². The topological polar surface area (TPSA) is 58.1 Å². The second-order valence-electron chi connectivity index (χ2n) is 7.07. The molecular formula is C20H26N4O. The molecule has 0 unspecified atom stereocenters. The minimum atomic E-state index is -0.0859. The quantitative estimate of drug-likeness (QED) is 0.879. The Hall–Kier alpha value is -2.27. The van der Waals surface area contributed by atoms with Crippen LogP contribution in [0.4, 0.5) is 0 Å². The second-order valence-corrected chi connectivity index (χ2v) is 7.07. The molecule has 1 aromatic carbocycles. The van der Waals surface area contributed by atoms with Crippen LogP contribution in [0, 0.1) is 6.92 Å². The summed E-state index contributed by atoms with van der Waals surface area (Å²) >= 11 is 0. The standard InChI is InChI=1S/C20H26N4O/c1-13(19(24(3)4)16-8-6-5-7-9-16)22-20(25)17-12-21-14(2)23-18(17)15-10-11-15/h5-9,12-13,15,19H,10-11H2,1-4H3,(H,22,25)/t13-,19-/m1/s1. The molecule has 132 valence electrons. The molecule has 2 aromatic rings. The Balaban J connectivity index is 1.80. The largest absolute Gasteiger partial charge is 0.348 e. The van der Waals surface area contributed by atoms with Crippen molar-refractivity contribution in [1.29, 1.82) is 0 Å². The zero-order valence-electron chi connectivity index (χ0n) is 15.4. The van der Waals surface area contributed by atoms with Crippen LogP contribution in [0.25, 0.3) is 0 Å². The summed E-state index contributed by atoms with van der Waals surface area (Å²) in [5.41, 5.74) is 2.70. The van der Waals surface area contributed by atoms with E-state index < -0.39 is 0 Å². The SMILES string of the molecule is Cc1ncc(C(=O)N[C@H](C)[C@H](c2ccccc2)N(C)C)c(C2CC2)n1. The van der Waals surface area contributed by atoms with Gasteiger partial charge in [0.2, 0.25) is 0 Å². The van der Waals surface area contributed by atoms with E-state index in [0.717, 1.165) is 24.4 Å². The molecule has 5 heteroatoms. The van der Waals surface area contributed by atoms with Crippen molar-refractivity contribution >= 4 is 5.91 Å². The highest BCUT2D eigenvalue weighted by Gasteiger charge is 2.31. The number of hydrogen-bond acceptors (Lipinski definition) is 4. The molecule has 0 aliphatic heterocycles. The Bertz CT molecular complexity index is 741.